The van der Waals surface area contributed by atoms with Crippen molar-refractivity contribution in [1.82, 2.24) is 52.3 Å². The molecule has 8 amide bonds. The second kappa shape index (κ2) is 29.7. The molecule has 86 heavy (non-hydrogen) atoms. The van der Waals surface area contributed by atoms with Crippen LogP contribution >= 0.6 is 0 Å². The molecule has 8 atom stereocenters. The van der Waals surface area contributed by atoms with Crippen LogP contribution in [-0.4, -0.2) is 133 Å². The Morgan fingerprint density at radius 3 is 1.00 bits per heavy atom. The van der Waals surface area contributed by atoms with Crippen molar-refractivity contribution in [1.29, 1.82) is 0 Å². The maximum absolute atomic E-state index is 15.1. The number of benzene rings is 5. The van der Waals surface area contributed by atoms with Crippen LogP contribution in [0.5, 0.6) is 0 Å². The van der Waals surface area contributed by atoms with E-state index in [0.29, 0.717) is 0 Å². The van der Waals surface area contributed by atoms with Crippen molar-refractivity contribution in [2.24, 2.45) is 11.8 Å². The van der Waals surface area contributed by atoms with Crippen molar-refractivity contribution in [3.63, 3.8) is 0 Å². The molecule has 0 bridgehead atoms. The lowest BCUT2D eigenvalue weighted by Crippen LogP contribution is -2.58. The number of amides is 8. The van der Waals surface area contributed by atoms with E-state index in [9.17, 15) is 28.8 Å². The molecular formula is C68H84N10O8. The lowest BCUT2D eigenvalue weighted by atomic mass is 9.83. The fourth-order valence-electron chi connectivity index (χ4n) is 12.8. The molecule has 2 saturated heterocycles. The van der Waals surface area contributed by atoms with Crippen LogP contribution in [0, 0.1) is 11.8 Å². The Kier molecular flexibility index (Phi) is 21.5. The molecule has 0 unspecified atom stereocenters. The van der Waals surface area contributed by atoms with Crippen LogP contribution in [0.2, 0.25) is 0 Å². The van der Waals surface area contributed by atoms with E-state index in [0.717, 1.165) is 86.5 Å². The molecule has 18 nitrogen and oxygen atoms in total. The molecule has 4 aliphatic rings. The normalized spacial score (nSPS) is 20.5. The van der Waals surface area contributed by atoms with Crippen LogP contribution in [0.4, 0.5) is 0 Å². The molecule has 2 aliphatic heterocycles. The van der Waals surface area contributed by atoms with Gasteiger partial charge in [0.05, 0.1) is 24.2 Å². The number of nitrogens with zero attached hydrogens (tertiary/aromatic N) is 2. The zero-order chi connectivity index (χ0) is 60.7. The van der Waals surface area contributed by atoms with Gasteiger partial charge in [-0.2, -0.15) is 0 Å². The molecule has 0 radical (unpaired) electrons. The summed E-state index contributed by atoms with van der Waals surface area (Å²) in [7, 11) is 3.36. The Morgan fingerprint density at radius 1 is 0.407 bits per heavy atom. The van der Waals surface area contributed by atoms with Crippen LogP contribution in [0.15, 0.2) is 146 Å². The summed E-state index contributed by atoms with van der Waals surface area (Å²) in [5.74, 6) is -3.45. The van der Waals surface area contributed by atoms with E-state index in [2.05, 4.69) is 42.5 Å². The molecule has 8 N–H and O–H groups in total. The molecule has 9 rings (SSSR count). The summed E-state index contributed by atoms with van der Waals surface area (Å²) in [6.07, 6.45) is 8.88. The van der Waals surface area contributed by atoms with Crippen molar-refractivity contribution in [2.45, 2.75) is 151 Å². The molecule has 2 aliphatic carbocycles. The summed E-state index contributed by atoms with van der Waals surface area (Å²) in [6.45, 7) is 3.47. The number of rotatable bonds is 22. The van der Waals surface area contributed by atoms with Gasteiger partial charge in [0.25, 0.3) is 11.8 Å². The second-order valence-corrected chi connectivity index (χ2v) is 23.7. The summed E-state index contributed by atoms with van der Waals surface area (Å²) in [4.78, 5) is 118. The van der Waals surface area contributed by atoms with E-state index in [1.165, 1.54) is 34.1 Å². The molecule has 5 aromatic carbocycles. The largest absolute Gasteiger partial charge is 0.347 e. The first-order valence-electron chi connectivity index (χ1n) is 30.8. The summed E-state index contributed by atoms with van der Waals surface area (Å²) in [6, 6.07) is 37.1. The van der Waals surface area contributed by atoms with Gasteiger partial charge < -0.3 is 52.3 Å². The highest BCUT2D eigenvalue weighted by Gasteiger charge is 2.47. The molecule has 2 heterocycles. The van der Waals surface area contributed by atoms with Gasteiger partial charge in [0.1, 0.15) is 24.2 Å². The number of likely N-dealkylation sites (tertiary alicyclic amines) is 2. The fourth-order valence-corrected chi connectivity index (χ4v) is 12.8. The molecule has 4 fully saturated rings. The predicted molar refractivity (Wildman–Crippen MR) is 329 cm³/mol. The second-order valence-electron chi connectivity index (χ2n) is 23.7. The maximum Gasteiger partial charge on any atom is 0.251 e. The number of carbonyl (C=O) groups is 8. The van der Waals surface area contributed by atoms with Crippen molar-refractivity contribution in [3.05, 3.63) is 179 Å². The van der Waals surface area contributed by atoms with Gasteiger partial charge in [-0.15, -0.1) is 0 Å². The summed E-state index contributed by atoms with van der Waals surface area (Å²) in [5, 5.41) is 24.7. The van der Waals surface area contributed by atoms with Gasteiger partial charge in [0.2, 0.25) is 35.4 Å². The van der Waals surface area contributed by atoms with Gasteiger partial charge in [-0.1, -0.05) is 160 Å². The number of hydrogen-bond donors (Lipinski definition) is 8. The van der Waals surface area contributed by atoms with Gasteiger partial charge in [0.15, 0.2) is 0 Å². The molecule has 0 aromatic heterocycles. The zero-order valence-electron chi connectivity index (χ0n) is 49.8. The fraction of sp³-hybridized carbons (Fsp3) is 0.441. The molecule has 2 saturated carbocycles. The molecule has 18 heteroatoms. The molecular weight excluding hydrogens is 1080 g/mol. The lowest BCUT2D eigenvalue weighted by Gasteiger charge is -2.35. The highest BCUT2D eigenvalue weighted by Crippen LogP contribution is 2.33. The van der Waals surface area contributed by atoms with Crippen LogP contribution in [0.25, 0.3) is 0 Å². The number of likely N-dealkylation sites (N-methyl/N-ethyl adjacent to an activating group) is 2. The van der Waals surface area contributed by atoms with Crippen LogP contribution in [0.1, 0.15) is 146 Å². The van der Waals surface area contributed by atoms with E-state index in [1.54, 1.807) is 27.9 Å². The first kappa shape index (κ1) is 62.3. The average Bonchev–Trinajstić information content (AvgIpc) is 2.33. The number of carbonyl (C=O) groups excluding carboxylic acids is 8. The summed E-state index contributed by atoms with van der Waals surface area (Å²) in [5.41, 5.74) is 3.87. The topological polar surface area (TPSA) is 239 Å². The monoisotopic (exact) mass is 1170 g/mol. The molecule has 454 valence electrons. The Balaban J connectivity index is 0.927. The highest BCUT2D eigenvalue weighted by atomic mass is 16.2. The van der Waals surface area contributed by atoms with Crippen molar-refractivity contribution < 1.29 is 38.4 Å². The van der Waals surface area contributed by atoms with Crippen molar-refractivity contribution >= 4 is 47.3 Å². The third kappa shape index (κ3) is 15.4. The van der Waals surface area contributed by atoms with E-state index in [-0.39, 0.29) is 72.5 Å². The SMILES string of the molecule is CN[C@@H](C)C(=O)N[C@H](C(=O)N1C[C@@H](NC(=O)c2ccc(C(=O)N[C@H]3C[C@@H](C(=O)NC(c4ccccc4)c4ccccc4)N(C(=O)[C@@H](NC(=O)[C@H](C)NC)C4CCCCC4)C3)cc2)C[C@H]1C(=O)NC(c1ccccc1)c1ccccc1)C1CCCCC1. The van der Waals surface area contributed by atoms with Gasteiger partial charge in [-0.05, 0) is 125 Å². The minimum atomic E-state index is -1.00. The minimum Gasteiger partial charge on any atom is -0.347 e. The Bertz CT molecular complexity index is 2820. The van der Waals surface area contributed by atoms with E-state index < -0.39 is 84.0 Å². The summed E-state index contributed by atoms with van der Waals surface area (Å²) < 4.78 is 0. The van der Waals surface area contributed by atoms with Crippen LogP contribution in [0.3, 0.4) is 0 Å². The highest BCUT2D eigenvalue weighted by molar-refractivity contribution is 5.99. The molecule has 5 aromatic rings. The number of nitrogens with one attached hydrogen (secondary N) is 8. The van der Waals surface area contributed by atoms with Crippen molar-refractivity contribution in [3.8, 4) is 0 Å². The standard InChI is InChI=1S/C68H84N10O8/c1-43(69-3)61(79)75-59(49-31-19-9-20-32-49)67(85)77-41-53(39-55(77)65(83)73-57(45-23-11-5-12-24-45)46-25-13-6-14-26-46)71-63(81)51-35-37-52(38-36-51)64(82)72-54-40-56(66(84)74-58(47-27-15-7-16-28-47)48-29-17-8-18-30-48)78(42-54)68(86)60(50-33-21-10-22-34-50)76-62(80)44(2)70-4/h5-8,11-18,23-30,35-38,43-44,49-50,53-60,69-70H,9-10,19-22,31-34,39-42H2,1-4H3,(H,71,81)(H,72,82)(H,73,83)(H,74,84)(H,75,79)(H,76,80)/t43-,44-,53-,54-,55-,56-,59-,60-/m0/s1. The van der Waals surface area contributed by atoms with Crippen molar-refractivity contribution in [2.75, 3.05) is 27.2 Å². The van der Waals surface area contributed by atoms with Crippen LogP contribution < -0.4 is 42.5 Å². The summed E-state index contributed by atoms with van der Waals surface area (Å²) >= 11 is 0. The zero-order valence-corrected chi connectivity index (χ0v) is 49.8. The Morgan fingerprint density at radius 2 is 0.709 bits per heavy atom. The first-order chi connectivity index (χ1) is 41.7. The third-order valence-corrected chi connectivity index (χ3v) is 18.0. The van der Waals surface area contributed by atoms with E-state index in [4.69, 9.17) is 0 Å². The predicted octanol–water partition coefficient (Wildman–Crippen LogP) is 6.24. The smallest absolute Gasteiger partial charge is 0.251 e. The number of hydrogen-bond acceptors (Lipinski definition) is 10. The quantitative estimate of drug-likeness (QED) is 0.0388. The van der Waals surface area contributed by atoms with E-state index in [1.807, 2.05) is 121 Å². The lowest BCUT2D eigenvalue weighted by molar-refractivity contribution is -0.143. The van der Waals surface area contributed by atoms with Crippen LogP contribution in [-0.2, 0) is 28.8 Å². The Labute approximate surface area is 505 Å². The Hall–Kier alpha value is -8.22. The van der Waals surface area contributed by atoms with Gasteiger partial charge >= 0.3 is 0 Å². The van der Waals surface area contributed by atoms with Gasteiger partial charge in [-0.25, -0.2) is 0 Å². The first-order valence-corrected chi connectivity index (χ1v) is 30.8. The third-order valence-electron chi connectivity index (χ3n) is 18.0. The molecule has 0 spiro atoms. The minimum absolute atomic E-state index is 0.00704. The average molecular weight is 1170 g/mol. The maximum atomic E-state index is 15.1. The van der Waals surface area contributed by atoms with Gasteiger partial charge in [0, 0.05) is 36.3 Å². The van der Waals surface area contributed by atoms with E-state index >= 15 is 9.59 Å². The van der Waals surface area contributed by atoms with Gasteiger partial charge in [-0.3, -0.25) is 38.4 Å².